The van der Waals surface area contributed by atoms with Crippen LogP contribution in [0.15, 0.2) is 18.2 Å². The van der Waals surface area contributed by atoms with Crippen molar-refractivity contribution >= 4 is 17.6 Å². The average molecular weight is 221 g/mol. The van der Waals surface area contributed by atoms with Gasteiger partial charge in [-0.1, -0.05) is 0 Å². The van der Waals surface area contributed by atoms with E-state index in [1.54, 1.807) is 6.92 Å². The van der Waals surface area contributed by atoms with Crippen LogP contribution in [0.4, 0.5) is 5.69 Å². The fourth-order valence-electron chi connectivity index (χ4n) is 1.58. The van der Waals surface area contributed by atoms with Crippen LogP contribution in [-0.2, 0) is 4.79 Å². The quantitative estimate of drug-likeness (QED) is 0.753. The minimum Gasteiger partial charge on any atom is -0.488 e. The molecule has 5 nitrogen and oxygen atoms in total. The molecule has 0 aromatic heterocycles. The maximum Gasteiger partial charge on any atom is 0.335 e. The van der Waals surface area contributed by atoms with E-state index in [0.29, 0.717) is 11.4 Å². The summed E-state index contributed by atoms with van der Waals surface area (Å²) in [6.07, 6.45) is 0.00201. The highest BCUT2D eigenvalue weighted by Crippen LogP contribution is 2.29. The van der Waals surface area contributed by atoms with Crippen molar-refractivity contribution in [3.63, 3.8) is 0 Å². The molecular weight excluding hydrogens is 210 g/mol. The molecule has 1 heterocycles. The maximum absolute atomic E-state index is 11.4. The van der Waals surface area contributed by atoms with Crippen LogP contribution in [0, 0.1) is 0 Å². The van der Waals surface area contributed by atoms with Crippen LogP contribution in [0.3, 0.4) is 0 Å². The maximum atomic E-state index is 11.4. The van der Waals surface area contributed by atoms with Crippen LogP contribution < -0.4 is 10.1 Å². The predicted octanol–water partition coefficient (Wildman–Crippen LogP) is 1.49. The van der Waals surface area contributed by atoms with Crippen molar-refractivity contribution in [2.45, 2.75) is 19.4 Å². The number of carbonyl (C=O) groups is 2. The van der Waals surface area contributed by atoms with E-state index in [1.807, 2.05) is 0 Å². The number of rotatable bonds is 1. The molecule has 0 aliphatic carbocycles. The Labute approximate surface area is 92.0 Å². The number of amides is 1. The Kier molecular flexibility index (Phi) is 2.52. The largest absolute Gasteiger partial charge is 0.488 e. The first-order valence-electron chi connectivity index (χ1n) is 4.90. The van der Waals surface area contributed by atoms with Gasteiger partial charge in [0, 0.05) is 0 Å². The van der Waals surface area contributed by atoms with Crippen LogP contribution in [0.2, 0.25) is 0 Å². The summed E-state index contributed by atoms with van der Waals surface area (Å²) in [5, 5.41) is 11.5. The van der Waals surface area contributed by atoms with Gasteiger partial charge in [-0.2, -0.15) is 0 Å². The number of carboxylic acid groups (broad SMARTS) is 1. The molecule has 1 aliphatic heterocycles. The van der Waals surface area contributed by atoms with Gasteiger partial charge < -0.3 is 15.2 Å². The summed E-state index contributed by atoms with van der Waals surface area (Å²) in [7, 11) is 0. The first-order chi connectivity index (χ1) is 7.56. The molecule has 0 spiro atoms. The Morgan fingerprint density at radius 1 is 1.56 bits per heavy atom. The zero-order valence-electron chi connectivity index (χ0n) is 8.69. The Balaban J connectivity index is 2.42. The average Bonchev–Trinajstić information content (AvgIpc) is 2.32. The summed E-state index contributed by atoms with van der Waals surface area (Å²) in [6.45, 7) is 1.77. The van der Waals surface area contributed by atoms with Gasteiger partial charge in [-0.05, 0) is 25.1 Å². The number of nitrogens with one attached hydrogen (secondary N) is 1. The topological polar surface area (TPSA) is 75.6 Å². The van der Waals surface area contributed by atoms with Crippen LogP contribution in [0.5, 0.6) is 5.75 Å². The summed E-state index contributed by atoms with van der Waals surface area (Å²) in [6, 6.07) is 4.38. The molecule has 0 saturated heterocycles. The summed E-state index contributed by atoms with van der Waals surface area (Å²) < 4.78 is 5.47. The van der Waals surface area contributed by atoms with E-state index in [-0.39, 0.29) is 24.0 Å². The van der Waals surface area contributed by atoms with Crippen molar-refractivity contribution in [1.29, 1.82) is 0 Å². The van der Waals surface area contributed by atoms with Crippen molar-refractivity contribution in [1.82, 2.24) is 0 Å². The third-order valence-electron chi connectivity index (χ3n) is 2.30. The lowest BCUT2D eigenvalue weighted by atomic mass is 10.2. The number of hydrogen-bond acceptors (Lipinski definition) is 3. The molecule has 2 rings (SSSR count). The smallest absolute Gasteiger partial charge is 0.335 e. The predicted molar refractivity (Wildman–Crippen MR) is 56.7 cm³/mol. The number of hydrogen-bond donors (Lipinski definition) is 2. The van der Waals surface area contributed by atoms with Gasteiger partial charge in [0.2, 0.25) is 5.91 Å². The van der Waals surface area contributed by atoms with Crippen molar-refractivity contribution in [3.05, 3.63) is 23.8 Å². The molecule has 1 aromatic rings. The van der Waals surface area contributed by atoms with Gasteiger partial charge in [0.15, 0.2) is 0 Å². The van der Waals surface area contributed by atoms with E-state index in [1.165, 1.54) is 18.2 Å². The van der Waals surface area contributed by atoms with Gasteiger partial charge in [0.05, 0.1) is 17.7 Å². The second-order valence-corrected chi connectivity index (χ2v) is 3.70. The van der Waals surface area contributed by atoms with Crippen LogP contribution in [-0.4, -0.2) is 23.1 Å². The van der Waals surface area contributed by atoms with Crippen LogP contribution in [0.25, 0.3) is 0 Å². The minimum atomic E-state index is -1.02. The fourth-order valence-corrected chi connectivity index (χ4v) is 1.58. The van der Waals surface area contributed by atoms with Gasteiger partial charge in [-0.3, -0.25) is 4.79 Å². The minimum absolute atomic E-state index is 0.130. The highest BCUT2D eigenvalue weighted by molar-refractivity contribution is 5.95. The molecule has 84 valence electrons. The van der Waals surface area contributed by atoms with Crippen molar-refractivity contribution in [3.8, 4) is 5.75 Å². The zero-order valence-corrected chi connectivity index (χ0v) is 8.69. The number of carbonyl (C=O) groups excluding carboxylic acids is 1. The molecular formula is C11H11NO4. The second kappa shape index (κ2) is 3.84. The molecule has 16 heavy (non-hydrogen) atoms. The first-order valence-corrected chi connectivity index (χ1v) is 4.90. The number of aromatic carboxylic acids is 1. The van der Waals surface area contributed by atoms with Crippen molar-refractivity contribution in [2.24, 2.45) is 0 Å². The Morgan fingerprint density at radius 2 is 2.31 bits per heavy atom. The Morgan fingerprint density at radius 3 is 3.00 bits per heavy atom. The van der Waals surface area contributed by atoms with Crippen molar-refractivity contribution < 1.29 is 19.4 Å². The van der Waals surface area contributed by atoms with Gasteiger partial charge >= 0.3 is 5.97 Å². The Hall–Kier alpha value is -2.04. The second-order valence-electron chi connectivity index (χ2n) is 3.70. The van der Waals surface area contributed by atoms with Gasteiger partial charge in [-0.15, -0.1) is 0 Å². The Bertz CT molecular complexity index is 455. The molecule has 2 N–H and O–H groups in total. The zero-order chi connectivity index (χ0) is 11.7. The van der Waals surface area contributed by atoms with Crippen molar-refractivity contribution in [2.75, 3.05) is 5.32 Å². The molecule has 0 fully saturated rings. The van der Waals surface area contributed by atoms with E-state index in [4.69, 9.17) is 9.84 Å². The van der Waals surface area contributed by atoms with E-state index >= 15 is 0 Å². The van der Waals surface area contributed by atoms with Gasteiger partial charge in [0.25, 0.3) is 0 Å². The monoisotopic (exact) mass is 221 g/mol. The van der Waals surface area contributed by atoms with Crippen LogP contribution in [0.1, 0.15) is 23.7 Å². The van der Waals surface area contributed by atoms with Gasteiger partial charge in [0.1, 0.15) is 11.9 Å². The lowest BCUT2D eigenvalue weighted by molar-refractivity contribution is -0.117. The molecule has 1 aliphatic rings. The molecule has 0 bridgehead atoms. The van der Waals surface area contributed by atoms with E-state index in [9.17, 15) is 9.59 Å². The fraction of sp³-hybridized carbons (Fsp3) is 0.273. The standard InChI is InChI=1S/C11H11NO4/c1-6-4-10(13)12-8-3-2-7(11(14)15)5-9(8)16-6/h2-3,5-6H,4H2,1H3,(H,12,13)(H,14,15). The molecule has 5 heteroatoms. The number of benzene rings is 1. The van der Waals surface area contributed by atoms with Gasteiger partial charge in [-0.25, -0.2) is 4.79 Å². The number of ether oxygens (including phenoxy) is 1. The highest BCUT2D eigenvalue weighted by atomic mass is 16.5. The molecule has 0 radical (unpaired) electrons. The molecule has 1 aromatic carbocycles. The van der Waals surface area contributed by atoms with E-state index in [2.05, 4.69) is 5.32 Å². The lowest BCUT2D eigenvalue weighted by Gasteiger charge is -2.11. The summed E-state index contributed by atoms with van der Waals surface area (Å²) in [5.74, 6) is -0.748. The number of fused-ring (bicyclic) bond motifs is 1. The summed E-state index contributed by atoms with van der Waals surface area (Å²) in [4.78, 5) is 22.1. The molecule has 1 amide bonds. The number of anilines is 1. The third kappa shape index (κ3) is 1.98. The summed E-state index contributed by atoms with van der Waals surface area (Å²) >= 11 is 0. The highest BCUT2D eigenvalue weighted by Gasteiger charge is 2.20. The first kappa shape index (κ1) is 10.5. The van der Waals surface area contributed by atoms with E-state index in [0.717, 1.165) is 0 Å². The summed E-state index contributed by atoms with van der Waals surface area (Å²) in [5.41, 5.74) is 0.654. The third-order valence-corrected chi connectivity index (χ3v) is 2.30. The molecule has 1 atom stereocenters. The molecule has 0 saturated carbocycles. The van der Waals surface area contributed by atoms with Crippen LogP contribution >= 0.6 is 0 Å². The number of carboxylic acids is 1. The normalized spacial score (nSPS) is 19.1. The molecule has 1 unspecified atom stereocenters. The van der Waals surface area contributed by atoms with E-state index < -0.39 is 5.97 Å². The SMILES string of the molecule is CC1CC(=O)Nc2ccc(C(=O)O)cc2O1. The lowest BCUT2D eigenvalue weighted by Crippen LogP contribution is -2.17.